The van der Waals surface area contributed by atoms with Crippen molar-refractivity contribution in [2.45, 2.75) is 25.3 Å². The second-order valence-corrected chi connectivity index (χ2v) is 4.34. The fourth-order valence-corrected chi connectivity index (χ4v) is 2.07. The molecule has 1 aromatic carbocycles. The molecule has 0 bridgehead atoms. The summed E-state index contributed by atoms with van der Waals surface area (Å²) in [5, 5.41) is 6.22. The van der Waals surface area contributed by atoms with Crippen molar-refractivity contribution in [3.63, 3.8) is 0 Å². The van der Waals surface area contributed by atoms with Crippen LogP contribution in [0.1, 0.15) is 29.6 Å². The summed E-state index contributed by atoms with van der Waals surface area (Å²) in [7, 11) is 0. The van der Waals surface area contributed by atoms with Crippen LogP contribution < -0.4 is 10.6 Å². The molecule has 1 aliphatic rings. The maximum Gasteiger partial charge on any atom is 0.251 e. The normalized spacial score (nSPS) is 19.2. The summed E-state index contributed by atoms with van der Waals surface area (Å²) in [4.78, 5) is 11.7. The lowest BCUT2D eigenvalue weighted by molar-refractivity contribution is 0.0952. The van der Waals surface area contributed by atoms with Gasteiger partial charge in [-0.2, -0.15) is 0 Å². The minimum atomic E-state index is -0.322. The number of halogens is 1. The Morgan fingerprint density at radius 1 is 1.41 bits per heavy atom. The van der Waals surface area contributed by atoms with Crippen LogP contribution in [0, 0.1) is 5.82 Å². The van der Waals surface area contributed by atoms with E-state index >= 15 is 0 Å². The molecule has 1 amide bonds. The van der Waals surface area contributed by atoms with E-state index in [1.54, 1.807) is 0 Å². The Balaban J connectivity index is 1.75. The maximum absolute atomic E-state index is 12.7. The van der Waals surface area contributed by atoms with Crippen molar-refractivity contribution < 1.29 is 9.18 Å². The van der Waals surface area contributed by atoms with Gasteiger partial charge in [-0.25, -0.2) is 4.39 Å². The van der Waals surface area contributed by atoms with Crippen molar-refractivity contribution in [1.82, 2.24) is 10.6 Å². The molecule has 0 saturated carbocycles. The number of amides is 1. The minimum Gasteiger partial charge on any atom is -0.352 e. The first kappa shape index (κ1) is 12.0. The highest BCUT2D eigenvalue weighted by Crippen LogP contribution is 2.08. The van der Waals surface area contributed by atoms with E-state index in [-0.39, 0.29) is 11.7 Å². The lowest BCUT2D eigenvalue weighted by Crippen LogP contribution is -2.30. The molecule has 1 atom stereocenters. The number of rotatable bonds is 4. The highest BCUT2D eigenvalue weighted by molar-refractivity contribution is 5.94. The Bertz CT molecular complexity index is 372. The summed E-state index contributed by atoms with van der Waals surface area (Å²) in [6.07, 6.45) is 3.36. The molecule has 1 aromatic rings. The standard InChI is InChI=1S/C13H17FN2O/c14-11-5-3-10(4-6-11)13(17)16-9-7-12-2-1-8-15-12/h3-6,12,15H,1-2,7-9H2,(H,16,17). The summed E-state index contributed by atoms with van der Waals surface area (Å²) in [5.41, 5.74) is 0.505. The summed E-state index contributed by atoms with van der Waals surface area (Å²) >= 11 is 0. The molecule has 1 saturated heterocycles. The molecule has 1 aliphatic heterocycles. The van der Waals surface area contributed by atoms with Crippen molar-refractivity contribution in [2.24, 2.45) is 0 Å². The first-order chi connectivity index (χ1) is 8.25. The van der Waals surface area contributed by atoms with Gasteiger partial charge in [-0.1, -0.05) is 0 Å². The van der Waals surface area contributed by atoms with Crippen molar-refractivity contribution in [2.75, 3.05) is 13.1 Å². The zero-order valence-corrected chi connectivity index (χ0v) is 9.71. The van der Waals surface area contributed by atoms with Crippen LogP contribution in [0.25, 0.3) is 0 Å². The smallest absolute Gasteiger partial charge is 0.251 e. The van der Waals surface area contributed by atoms with Gasteiger partial charge < -0.3 is 10.6 Å². The number of hydrogen-bond donors (Lipinski definition) is 2. The van der Waals surface area contributed by atoms with Gasteiger partial charge in [0.1, 0.15) is 5.82 Å². The Morgan fingerprint density at radius 3 is 2.82 bits per heavy atom. The Morgan fingerprint density at radius 2 is 2.18 bits per heavy atom. The second-order valence-electron chi connectivity index (χ2n) is 4.34. The molecule has 3 nitrogen and oxygen atoms in total. The highest BCUT2D eigenvalue weighted by atomic mass is 19.1. The van der Waals surface area contributed by atoms with Gasteiger partial charge in [0.25, 0.3) is 5.91 Å². The van der Waals surface area contributed by atoms with E-state index in [4.69, 9.17) is 0 Å². The van der Waals surface area contributed by atoms with Crippen LogP contribution >= 0.6 is 0 Å². The predicted octanol–water partition coefficient (Wildman–Crippen LogP) is 1.70. The van der Waals surface area contributed by atoms with E-state index in [1.807, 2.05) is 0 Å². The number of benzene rings is 1. The third-order valence-corrected chi connectivity index (χ3v) is 3.05. The van der Waals surface area contributed by atoms with Gasteiger partial charge in [-0.3, -0.25) is 4.79 Å². The molecular weight excluding hydrogens is 219 g/mol. The zero-order chi connectivity index (χ0) is 12.1. The number of hydrogen-bond acceptors (Lipinski definition) is 2. The molecule has 92 valence electrons. The van der Waals surface area contributed by atoms with Crippen LogP contribution in [0.4, 0.5) is 4.39 Å². The van der Waals surface area contributed by atoms with Gasteiger partial charge in [0.15, 0.2) is 0 Å². The van der Waals surface area contributed by atoms with E-state index < -0.39 is 0 Å². The first-order valence-electron chi connectivity index (χ1n) is 6.03. The third kappa shape index (κ3) is 3.53. The van der Waals surface area contributed by atoms with Crippen molar-refractivity contribution in [3.05, 3.63) is 35.6 Å². The highest BCUT2D eigenvalue weighted by Gasteiger charge is 2.13. The average molecular weight is 236 g/mol. The SMILES string of the molecule is O=C(NCCC1CCCN1)c1ccc(F)cc1. The van der Waals surface area contributed by atoms with Crippen LogP contribution in [0.2, 0.25) is 0 Å². The first-order valence-corrected chi connectivity index (χ1v) is 6.03. The van der Waals surface area contributed by atoms with E-state index in [0.717, 1.165) is 13.0 Å². The Kier molecular flexibility index (Phi) is 4.09. The fraction of sp³-hybridized carbons (Fsp3) is 0.462. The fourth-order valence-electron chi connectivity index (χ4n) is 2.07. The van der Waals surface area contributed by atoms with Crippen LogP contribution in [-0.2, 0) is 0 Å². The minimum absolute atomic E-state index is 0.136. The summed E-state index contributed by atoms with van der Waals surface area (Å²) in [6.45, 7) is 1.74. The lowest BCUT2D eigenvalue weighted by atomic mass is 10.1. The molecule has 17 heavy (non-hydrogen) atoms. The van der Waals surface area contributed by atoms with Gasteiger partial charge in [0.2, 0.25) is 0 Å². The predicted molar refractivity (Wildman–Crippen MR) is 64.4 cm³/mol. The van der Waals surface area contributed by atoms with E-state index in [0.29, 0.717) is 18.2 Å². The Hall–Kier alpha value is -1.42. The largest absolute Gasteiger partial charge is 0.352 e. The van der Waals surface area contributed by atoms with Gasteiger partial charge in [0, 0.05) is 18.2 Å². The van der Waals surface area contributed by atoms with Crippen molar-refractivity contribution >= 4 is 5.91 Å². The molecule has 1 unspecified atom stereocenters. The number of carbonyl (C=O) groups excluding carboxylic acids is 1. The second kappa shape index (κ2) is 5.77. The van der Waals surface area contributed by atoms with Gasteiger partial charge in [0.05, 0.1) is 0 Å². The van der Waals surface area contributed by atoms with Crippen molar-refractivity contribution in [3.8, 4) is 0 Å². The molecule has 0 aromatic heterocycles. The molecule has 2 rings (SSSR count). The molecular formula is C13H17FN2O. The van der Waals surface area contributed by atoms with E-state index in [9.17, 15) is 9.18 Å². The molecule has 0 radical (unpaired) electrons. The number of nitrogens with one attached hydrogen (secondary N) is 2. The number of carbonyl (C=O) groups is 1. The zero-order valence-electron chi connectivity index (χ0n) is 9.71. The van der Waals surface area contributed by atoms with Gasteiger partial charge in [-0.05, 0) is 50.1 Å². The molecule has 0 spiro atoms. The van der Waals surface area contributed by atoms with E-state index in [2.05, 4.69) is 10.6 Å². The summed E-state index contributed by atoms with van der Waals surface area (Å²) in [5.74, 6) is -0.459. The van der Waals surface area contributed by atoms with Crippen LogP contribution in [-0.4, -0.2) is 25.0 Å². The van der Waals surface area contributed by atoms with Crippen molar-refractivity contribution in [1.29, 1.82) is 0 Å². The van der Waals surface area contributed by atoms with Crippen LogP contribution in [0.3, 0.4) is 0 Å². The topological polar surface area (TPSA) is 41.1 Å². The molecule has 0 aliphatic carbocycles. The third-order valence-electron chi connectivity index (χ3n) is 3.05. The summed E-state index contributed by atoms with van der Waals surface area (Å²) < 4.78 is 12.7. The average Bonchev–Trinajstić information content (AvgIpc) is 2.83. The quantitative estimate of drug-likeness (QED) is 0.835. The van der Waals surface area contributed by atoms with Gasteiger partial charge >= 0.3 is 0 Å². The Labute approximate surface area is 100 Å². The van der Waals surface area contributed by atoms with Gasteiger partial charge in [-0.15, -0.1) is 0 Å². The lowest BCUT2D eigenvalue weighted by Gasteiger charge is -2.10. The maximum atomic E-state index is 12.7. The van der Waals surface area contributed by atoms with Crippen LogP contribution in [0.15, 0.2) is 24.3 Å². The monoisotopic (exact) mass is 236 g/mol. The molecule has 1 heterocycles. The molecule has 2 N–H and O–H groups in total. The summed E-state index contributed by atoms with van der Waals surface area (Å²) in [6, 6.07) is 6.13. The van der Waals surface area contributed by atoms with E-state index in [1.165, 1.54) is 37.1 Å². The van der Waals surface area contributed by atoms with Crippen LogP contribution in [0.5, 0.6) is 0 Å². The molecule has 4 heteroatoms. The molecule has 1 fully saturated rings.